The minimum absolute atomic E-state index is 0.0539. The lowest BCUT2D eigenvalue weighted by molar-refractivity contribution is -0.156. The van der Waals surface area contributed by atoms with Crippen molar-refractivity contribution in [3.8, 4) is 0 Å². The Hall–Kier alpha value is -2.14. The van der Waals surface area contributed by atoms with Crippen LogP contribution in [-0.2, 0) is 25.5 Å². The van der Waals surface area contributed by atoms with Crippen LogP contribution in [0.3, 0.4) is 0 Å². The number of carbonyl (C=O) groups excluding carboxylic acids is 2. The molecule has 1 spiro atoms. The average molecular weight is 341 g/mol. The van der Waals surface area contributed by atoms with Gasteiger partial charge in [-0.25, -0.2) is 0 Å². The van der Waals surface area contributed by atoms with Crippen LogP contribution < -0.4 is 4.90 Å². The molecule has 4 rings (SSSR count). The maximum Gasteiger partial charge on any atom is 0.313 e. The van der Waals surface area contributed by atoms with Crippen molar-refractivity contribution in [1.82, 2.24) is 0 Å². The third-order valence-corrected chi connectivity index (χ3v) is 5.38. The molecule has 5 nitrogen and oxygen atoms in total. The van der Waals surface area contributed by atoms with Crippen LogP contribution in [0.2, 0.25) is 0 Å². The fourth-order valence-electron chi connectivity index (χ4n) is 4.21. The van der Waals surface area contributed by atoms with Gasteiger partial charge in [0.1, 0.15) is 11.5 Å². The van der Waals surface area contributed by atoms with E-state index in [2.05, 4.69) is 6.92 Å². The number of hydrogen-bond acceptors (Lipinski definition) is 4. The monoisotopic (exact) mass is 341 g/mol. The standard InChI is InChI=1S/C20H23NO4/c1-4-13-5-7-14(8-6-13)21-11-20-10-9-15(25-20)16(17(20)18(21)22)19(23)24-12(2)3/h5-10,12,15-17H,4,11H2,1-3H3/t15-,16-,17-,20+/m1/s1. The van der Waals surface area contributed by atoms with Crippen LogP contribution in [0, 0.1) is 11.8 Å². The normalized spacial score (nSPS) is 32.6. The van der Waals surface area contributed by atoms with Gasteiger partial charge in [-0.1, -0.05) is 31.2 Å². The Morgan fingerprint density at radius 1 is 1.36 bits per heavy atom. The van der Waals surface area contributed by atoms with Crippen LogP contribution in [0.5, 0.6) is 0 Å². The highest BCUT2D eigenvalue weighted by Crippen LogP contribution is 2.52. The van der Waals surface area contributed by atoms with Gasteiger partial charge >= 0.3 is 5.97 Å². The Morgan fingerprint density at radius 2 is 2.08 bits per heavy atom. The Balaban J connectivity index is 1.64. The Bertz CT molecular complexity index is 739. The number of aryl methyl sites for hydroxylation is 1. The number of anilines is 1. The zero-order chi connectivity index (χ0) is 17.8. The molecule has 0 unspecified atom stereocenters. The molecule has 2 saturated heterocycles. The molecule has 0 radical (unpaired) electrons. The summed E-state index contributed by atoms with van der Waals surface area (Å²) in [5.74, 6) is -1.45. The lowest BCUT2D eigenvalue weighted by Crippen LogP contribution is -2.40. The summed E-state index contributed by atoms with van der Waals surface area (Å²) in [6.45, 7) is 6.17. The third-order valence-electron chi connectivity index (χ3n) is 5.38. The van der Waals surface area contributed by atoms with Gasteiger partial charge in [-0.15, -0.1) is 0 Å². The van der Waals surface area contributed by atoms with Crippen LogP contribution in [0.1, 0.15) is 26.3 Å². The SMILES string of the molecule is CCc1ccc(N2C[C@]34C=C[C@@H](O3)[C@@H](C(=O)OC(C)C)[C@@H]4C2=O)cc1. The molecule has 0 saturated carbocycles. The minimum atomic E-state index is -0.703. The van der Waals surface area contributed by atoms with Gasteiger partial charge in [0.2, 0.25) is 5.91 Å². The van der Waals surface area contributed by atoms with Gasteiger partial charge in [-0.3, -0.25) is 9.59 Å². The molecule has 3 aliphatic rings. The maximum atomic E-state index is 13.1. The highest BCUT2D eigenvalue weighted by Gasteiger charge is 2.67. The van der Waals surface area contributed by atoms with Crippen molar-refractivity contribution in [2.24, 2.45) is 11.8 Å². The van der Waals surface area contributed by atoms with Crippen molar-refractivity contribution in [2.75, 3.05) is 11.4 Å². The van der Waals surface area contributed by atoms with Crippen LogP contribution in [0.15, 0.2) is 36.4 Å². The third kappa shape index (κ3) is 2.41. The van der Waals surface area contributed by atoms with Crippen LogP contribution in [0.4, 0.5) is 5.69 Å². The summed E-state index contributed by atoms with van der Waals surface area (Å²) in [5.41, 5.74) is 1.37. The molecule has 3 aliphatic heterocycles. The molecule has 0 aliphatic carbocycles. The van der Waals surface area contributed by atoms with Crippen molar-refractivity contribution >= 4 is 17.6 Å². The molecule has 5 heteroatoms. The van der Waals surface area contributed by atoms with Gasteiger partial charge in [0.25, 0.3) is 0 Å². The molecule has 25 heavy (non-hydrogen) atoms. The number of hydrogen-bond donors (Lipinski definition) is 0. The second-order valence-electron chi connectivity index (χ2n) is 7.33. The highest BCUT2D eigenvalue weighted by molar-refractivity contribution is 6.02. The maximum absolute atomic E-state index is 13.1. The number of amides is 1. The number of rotatable bonds is 4. The second-order valence-corrected chi connectivity index (χ2v) is 7.33. The van der Waals surface area contributed by atoms with E-state index in [1.165, 1.54) is 5.56 Å². The molecule has 0 aromatic heterocycles. The first-order chi connectivity index (χ1) is 11.9. The number of esters is 1. The van der Waals surface area contributed by atoms with Crippen LogP contribution in [-0.4, -0.2) is 36.2 Å². The van der Waals surface area contributed by atoms with Gasteiger partial charge < -0.3 is 14.4 Å². The summed E-state index contributed by atoms with van der Waals surface area (Å²) in [7, 11) is 0. The lowest BCUT2D eigenvalue weighted by atomic mass is 9.77. The van der Waals surface area contributed by atoms with Gasteiger partial charge in [0.05, 0.1) is 24.7 Å². The summed E-state index contributed by atoms with van der Waals surface area (Å²) in [6.07, 6.45) is 4.25. The van der Waals surface area contributed by atoms with E-state index in [9.17, 15) is 9.59 Å². The van der Waals surface area contributed by atoms with E-state index in [1.807, 2.05) is 50.3 Å². The van der Waals surface area contributed by atoms with E-state index in [4.69, 9.17) is 9.47 Å². The molecule has 1 amide bonds. The van der Waals surface area contributed by atoms with E-state index >= 15 is 0 Å². The minimum Gasteiger partial charge on any atom is -0.463 e. The first-order valence-corrected chi connectivity index (χ1v) is 8.93. The van der Waals surface area contributed by atoms with Gasteiger partial charge in [0, 0.05) is 5.69 Å². The first-order valence-electron chi connectivity index (χ1n) is 8.93. The zero-order valence-electron chi connectivity index (χ0n) is 14.8. The first kappa shape index (κ1) is 16.3. The molecule has 132 valence electrons. The van der Waals surface area contributed by atoms with Crippen molar-refractivity contribution in [3.63, 3.8) is 0 Å². The summed E-state index contributed by atoms with van der Waals surface area (Å²) in [5, 5.41) is 0. The molecule has 3 heterocycles. The van der Waals surface area contributed by atoms with Crippen molar-refractivity contribution in [1.29, 1.82) is 0 Å². The summed E-state index contributed by atoms with van der Waals surface area (Å²) in [4.78, 5) is 27.4. The fourth-order valence-corrected chi connectivity index (χ4v) is 4.21. The largest absolute Gasteiger partial charge is 0.463 e. The zero-order valence-corrected chi connectivity index (χ0v) is 14.8. The Morgan fingerprint density at radius 3 is 2.72 bits per heavy atom. The van der Waals surface area contributed by atoms with E-state index in [1.54, 1.807) is 4.90 Å². The van der Waals surface area contributed by atoms with Gasteiger partial charge in [0.15, 0.2) is 0 Å². The quantitative estimate of drug-likeness (QED) is 0.624. The predicted octanol–water partition coefficient (Wildman–Crippen LogP) is 2.49. The van der Waals surface area contributed by atoms with E-state index in [0.29, 0.717) is 6.54 Å². The summed E-state index contributed by atoms with van der Waals surface area (Å²) < 4.78 is 11.5. The molecule has 2 bridgehead atoms. The summed E-state index contributed by atoms with van der Waals surface area (Å²) in [6, 6.07) is 8.00. The Labute approximate surface area is 147 Å². The number of fused-ring (bicyclic) bond motifs is 1. The van der Waals surface area contributed by atoms with E-state index in [0.717, 1.165) is 12.1 Å². The topological polar surface area (TPSA) is 55.8 Å². The van der Waals surface area contributed by atoms with Crippen molar-refractivity contribution in [3.05, 3.63) is 42.0 Å². The second kappa shape index (κ2) is 5.70. The predicted molar refractivity (Wildman–Crippen MR) is 93.1 cm³/mol. The van der Waals surface area contributed by atoms with E-state index < -0.39 is 17.4 Å². The van der Waals surface area contributed by atoms with Gasteiger partial charge in [-0.2, -0.15) is 0 Å². The number of ether oxygens (including phenoxy) is 2. The molecular weight excluding hydrogens is 318 g/mol. The van der Waals surface area contributed by atoms with Crippen molar-refractivity contribution in [2.45, 2.75) is 45.0 Å². The fraction of sp³-hybridized carbons (Fsp3) is 0.500. The molecule has 4 atom stereocenters. The molecule has 1 aromatic carbocycles. The van der Waals surface area contributed by atoms with E-state index in [-0.39, 0.29) is 24.1 Å². The van der Waals surface area contributed by atoms with Crippen molar-refractivity contribution < 1.29 is 19.1 Å². The van der Waals surface area contributed by atoms with Crippen LogP contribution >= 0.6 is 0 Å². The van der Waals surface area contributed by atoms with Crippen LogP contribution in [0.25, 0.3) is 0 Å². The average Bonchev–Trinajstić information content (AvgIpc) is 3.22. The molecular formula is C20H23NO4. The number of carbonyl (C=O) groups is 2. The number of nitrogens with zero attached hydrogens (tertiary/aromatic N) is 1. The summed E-state index contributed by atoms with van der Waals surface area (Å²) >= 11 is 0. The smallest absolute Gasteiger partial charge is 0.313 e. The number of benzene rings is 1. The highest BCUT2D eigenvalue weighted by atomic mass is 16.6. The van der Waals surface area contributed by atoms with Gasteiger partial charge in [-0.05, 0) is 38.0 Å². The molecule has 1 aromatic rings. The molecule has 2 fully saturated rings. The molecule has 0 N–H and O–H groups in total. The Kier molecular flexibility index (Phi) is 3.72. The lowest BCUT2D eigenvalue weighted by Gasteiger charge is -2.23.